The maximum atomic E-state index is 12.0. The number of likely N-dealkylation sites (tertiary alicyclic amines) is 1. The van der Waals surface area contributed by atoms with Crippen molar-refractivity contribution in [1.29, 1.82) is 0 Å². The molecule has 1 unspecified atom stereocenters. The van der Waals surface area contributed by atoms with Crippen LogP contribution in [0.15, 0.2) is 36.4 Å². The zero-order valence-corrected chi connectivity index (χ0v) is 24.1. The average molecular weight is 553 g/mol. The number of aliphatic hydroxyl groups is 1. The first-order valence-electron chi connectivity index (χ1n) is 14.6. The lowest BCUT2D eigenvalue weighted by Gasteiger charge is -2.25. The summed E-state index contributed by atoms with van der Waals surface area (Å²) < 4.78 is 5.42. The normalized spacial score (nSPS) is 25.5. The van der Waals surface area contributed by atoms with Crippen molar-refractivity contribution in [2.24, 2.45) is 5.92 Å². The van der Waals surface area contributed by atoms with Gasteiger partial charge in [-0.05, 0) is 75.1 Å². The molecule has 1 aromatic carbocycles. The molecule has 1 aromatic rings. The third-order valence-electron chi connectivity index (χ3n) is 8.00. The van der Waals surface area contributed by atoms with E-state index in [1.807, 2.05) is 0 Å². The minimum atomic E-state index is -0.401. The van der Waals surface area contributed by atoms with E-state index in [1.165, 1.54) is 24.8 Å². The van der Waals surface area contributed by atoms with E-state index < -0.39 is 6.10 Å². The molecule has 208 valence electrons. The van der Waals surface area contributed by atoms with E-state index in [0.29, 0.717) is 13.0 Å². The van der Waals surface area contributed by atoms with Crippen molar-refractivity contribution in [2.75, 3.05) is 26.2 Å². The molecule has 0 spiro atoms. The van der Waals surface area contributed by atoms with Gasteiger partial charge in [0.25, 0.3) is 0 Å². The van der Waals surface area contributed by atoms with Crippen molar-refractivity contribution in [3.8, 4) is 0 Å². The van der Waals surface area contributed by atoms with Crippen LogP contribution in [0.5, 0.6) is 0 Å². The lowest BCUT2D eigenvalue weighted by atomic mass is 9.85. The summed E-state index contributed by atoms with van der Waals surface area (Å²) in [5.41, 5.74) is 2.19. The van der Waals surface area contributed by atoms with Crippen LogP contribution in [0, 0.1) is 5.92 Å². The third kappa shape index (κ3) is 10.2. The predicted molar refractivity (Wildman–Crippen MR) is 155 cm³/mol. The second-order valence-electron chi connectivity index (χ2n) is 10.9. The first-order valence-corrected chi connectivity index (χ1v) is 15.5. The molecule has 1 saturated heterocycles. The minimum absolute atomic E-state index is 0.0148. The fraction of sp³-hybridized carbons (Fsp3) is 0.710. The molecule has 1 aliphatic carbocycles. The average Bonchev–Trinajstić information content (AvgIpc) is 3.19. The smallest absolute Gasteiger partial charge is 0.305 e. The fourth-order valence-electron chi connectivity index (χ4n) is 5.75. The second-order valence-corrected chi connectivity index (χ2v) is 12.0. The maximum Gasteiger partial charge on any atom is 0.305 e. The Morgan fingerprint density at radius 1 is 1.08 bits per heavy atom. The number of carbonyl (C=O) groups is 1. The summed E-state index contributed by atoms with van der Waals surface area (Å²) in [6.07, 6.45) is 15.8. The molecule has 0 amide bonds. The van der Waals surface area contributed by atoms with Gasteiger partial charge >= 0.3 is 5.97 Å². The molecule has 4 nitrogen and oxygen atoms in total. The highest BCUT2D eigenvalue weighted by atomic mass is 35.5. The van der Waals surface area contributed by atoms with Gasteiger partial charge in [-0.15, -0.1) is 23.2 Å². The lowest BCUT2D eigenvalue weighted by Crippen LogP contribution is -2.33. The molecule has 3 rings (SSSR count). The molecule has 2 fully saturated rings. The van der Waals surface area contributed by atoms with Gasteiger partial charge in [-0.25, -0.2) is 0 Å². The van der Waals surface area contributed by atoms with Gasteiger partial charge in [-0.1, -0.05) is 69.0 Å². The molecule has 6 heteroatoms. The molecule has 0 bridgehead atoms. The van der Waals surface area contributed by atoms with Crippen molar-refractivity contribution in [3.63, 3.8) is 0 Å². The molecule has 1 aliphatic heterocycles. The van der Waals surface area contributed by atoms with Crippen LogP contribution < -0.4 is 0 Å². The van der Waals surface area contributed by atoms with E-state index in [0.717, 1.165) is 76.6 Å². The molecule has 0 aromatic heterocycles. The van der Waals surface area contributed by atoms with Crippen molar-refractivity contribution >= 4 is 29.2 Å². The summed E-state index contributed by atoms with van der Waals surface area (Å²) >= 11 is 13.5. The Hall–Kier alpha value is -1.07. The molecular weight excluding hydrogens is 505 g/mol. The van der Waals surface area contributed by atoms with Crippen LogP contribution in [0.4, 0.5) is 0 Å². The quantitative estimate of drug-likeness (QED) is 0.105. The Kier molecular flexibility index (Phi) is 13.8. The van der Waals surface area contributed by atoms with Crippen molar-refractivity contribution in [1.82, 2.24) is 4.90 Å². The first kappa shape index (κ1) is 30.5. The highest BCUT2D eigenvalue weighted by Gasteiger charge is 2.41. The summed E-state index contributed by atoms with van der Waals surface area (Å²) in [6.45, 7) is 5.80. The van der Waals surface area contributed by atoms with Crippen LogP contribution in [0.1, 0.15) is 107 Å². The molecule has 1 N–H and O–H groups in total. The Morgan fingerprint density at radius 3 is 2.57 bits per heavy atom. The number of hydrogen-bond donors (Lipinski definition) is 1. The van der Waals surface area contributed by atoms with Crippen LogP contribution in [0.25, 0.3) is 0 Å². The van der Waals surface area contributed by atoms with Gasteiger partial charge in [0, 0.05) is 29.6 Å². The van der Waals surface area contributed by atoms with Gasteiger partial charge in [0.05, 0.1) is 6.10 Å². The predicted octanol–water partition coefficient (Wildman–Crippen LogP) is 7.76. The number of rotatable bonds is 15. The van der Waals surface area contributed by atoms with Gasteiger partial charge in [0.1, 0.15) is 6.61 Å². The van der Waals surface area contributed by atoms with Crippen LogP contribution in [-0.4, -0.2) is 53.0 Å². The Bertz CT molecular complexity index is 809. The highest BCUT2D eigenvalue weighted by Crippen LogP contribution is 2.47. The lowest BCUT2D eigenvalue weighted by molar-refractivity contribution is -0.144. The number of allylic oxidation sites excluding steroid dienone is 2. The van der Waals surface area contributed by atoms with Gasteiger partial charge < -0.3 is 9.84 Å². The molecule has 37 heavy (non-hydrogen) atoms. The number of esters is 1. The second kappa shape index (κ2) is 16.8. The minimum Gasteiger partial charge on any atom is -0.464 e. The number of carbonyl (C=O) groups excluding carboxylic acids is 1. The van der Waals surface area contributed by atoms with E-state index in [1.54, 1.807) is 0 Å². The van der Waals surface area contributed by atoms with Crippen molar-refractivity contribution in [2.45, 2.75) is 107 Å². The van der Waals surface area contributed by atoms with E-state index in [-0.39, 0.29) is 28.6 Å². The highest BCUT2D eigenvalue weighted by molar-refractivity contribution is 6.25. The van der Waals surface area contributed by atoms with E-state index in [4.69, 9.17) is 27.9 Å². The number of ether oxygens (including phenoxy) is 1. The Balaban J connectivity index is 1.38. The topological polar surface area (TPSA) is 49.8 Å². The fourth-order valence-corrected chi connectivity index (χ4v) is 6.82. The monoisotopic (exact) mass is 551 g/mol. The number of benzene rings is 1. The summed E-state index contributed by atoms with van der Waals surface area (Å²) in [6, 6.07) is 8.35. The van der Waals surface area contributed by atoms with E-state index in [9.17, 15) is 9.90 Å². The van der Waals surface area contributed by atoms with Crippen LogP contribution >= 0.6 is 23.2 Å². The van der Waals surface area contributed by atoms with Crippen molar-refractivity contribution < 1.29 is 14.6 Å². The standard InChI is InChI=1S/C31H47Cl2NO3/c1-2-3-7-13-29(35)24-15-17-25(18-16-24)31-26(27(32)23-28(31)33)12-8-4-5-9-14-30(36)37-22-21-34-19-10-6-11-20-34/h4,8,15-18,26-29,31,35H,2-3,5-7,9-14,19-23H2,1H3/b8-4-/t26-,27+,28+,29?,31+/m0/s1. The van der Waals surface area contributed by atoms with E-state index in [2.05, 4.69) is 48.2 Å². The van der Waals surface area contributed by atoms with Crippen LogP contribution in [0.2, 0.25) is 0 Å². The maximum absolute atomic E-state index is 12.0. The number of halogens is 2. The summed E-state index contributed by atoms with van der Waals surface area (Å²) in [5.74, 6) is 0.390. The van der Waals surface area contributed by atoms with Crippen LogP contribution in [-0.2, 0) is 9.53 Å². The SMILES string of the molecule is CCCCCC(O)c1ccc([C@@H]2[C@@H](C/C=C\CCCC(=O)OCCN3CCCCC3)[C@H](Cl)C[C@H]2Cl)cc1. The zero-order valence-electron chi connectivity index (χ0n) is 22.6. The largest absolute Gasteiger partial charge is 0.464 e. The first-order chi connectivity index (χ1) is 18.0. The number of piperidine rings is 1. The molecule has 1 heterocycles. The molecule has 5 atom stereocenters. The number of unbranched alkanes of at least 4 members (excludes halogenated alkanes) is 3. The molecule has 2 aliphatic rings. The molecule has 0 radical (unpaired) electrons. The van der Waals surface area contributed by atoms with Gasteiger partial charge in [-0.2, -0.15) is 0 Å². The number of nitrogens with zero attached hydrogens (tertiary/aromatic N) is 1. The van der Waals surface area contributed by atoms with Crippen molar-refractivity contribution in [3.05, 3.63) is 47.5 Å². The Morgan fingerprint density at radius 2 is 1.84 bits per heavy atom. The number of hydrogen-bond acceptors (Lipinski definition) is 4. The van der Waals surface area contributed by atoms with Crippen LogP contribution in [0.3, 0.4) is 0 Å². The van der Waals surface area contributed by atoms with Gasteiger partial charge in [-0.3, -0.25) is 9.69 Å². The molecular formula is C31H47Cl2NO3. The summed E-state index contributed by atoms with van der Waals surface area (Å²) in [7, 11) is 0. The zero-order chi connectivity index (χ0) is 26.5. The number of alkyl halides is 2. The molecule has 1 saturated carbocycles. The number of aliphatic hydroxyl groups excluding tert-OH is 1. The third-order valence-corrected chi connectivity index (χ3v) is 8.95. The Labute approximate surface area is 234 Å². The summed E-state index contributed by atoms with van der Waals surface area (Å²) in [5, 5.41) is 10.5. The van der Waals surface area contributed by atoms with Gasteiger partial charge in [0.2, 0.25) is 0 Å². The summed E-state index contributed by atoms with van der Waals surface area (Å²) in [4.78, 5) is 14.4. The van der Waals surface area contributed by atoms with Gasteiger partial charge in [0.15, 0.2) is 0 Å². The van der Waals surface area contributed by atoms with E-state index >= 15 is 0 Å².